The van der Waals surface area contributed by atoms with Crippen LogP contribution in [0.2, 0.25) is 0 Å². The molecular weight excluding hydrogens is 294 g/mol. The van der Waals surface area contributed by atoms with Crippen molar-refractivity contribution in [2.24, 2.45) is 0 Å². The third kappa shape index (κ3) is 5.19. The summed E-state index contributed by atoms with van der Waals surface area (Å²) in [5, 5.41) is 22.0. The number of aliphatic carboxylic acids is 1. The van der Waals surface area contributed by atoms with Crippen molar-refractivity contribution in [1.82, 2.24) is 10.3 Å². The quantitative estimate of drug-likeness (QED) is 0.493. The number of carbonyl (C=O) groups is 2. The highest BCUT2D eigenvalue weighted by Gasteiger charge is 2.21. The van der Waals surface area contributed by atoms with E-state index in [1.165, 1.54) is 18.3 Å². The van der Waals surface area contributed by atoms with E-state index in [0.29, 0.717) is 0 Å². The molecule has 118 valence electrons. The lowest BCUT2D eigenvalue weighted by Gasteiger charge is -2.19. The Morgan fingerprint density at radius 2 is 2.09 bits per heavy atom. The average molecular weight is 309 g/mol. The van der Waals surface area contributed by atoms with Crippen LogP contribution in [0.15, 0.2) is 24.0 Å². The molecule has 0 bridgehead atoms. The molecular formula is C13H15N3O6. The molecule has 0 saturated heterocycles. The average Bonchev–Trinajstić information content (AvgIpc) is 2.35. The van der Waals surface area contributed by atoms with Gasteiger partial charge in [-0.1, -0.05) is 0 Å². The van der Waals surface area contributed by atoms with Gasteiger partial charge in [-0.15, -0.1) is 0 Å². The predicted molar refractivity (Wildman–Crippen MR) is 75.9 cm³/mol. The van der Waals surface area contributed by atoms with Gasteiger partial charge in [0, 0.05) is 18.3 Å². The van der Waals surface area contributed by atoms with Crippen molar-refractivity contribution in [2.75, 3.05) is 0 Å². The largest absolute Gasteiger partial charge is 0.477 e. The third-order valence-corrected chi connectivity index (χ3v) is 2.16. The minimum atomic E-state index is -1.48. The van der Waals surface area contributed by atoms with Crippen molar-refractivity contribution in [3.05, 3.63) is 39.8 Å². The van der Waals surface area contributed by atoms with Gasteiger partial charge in [-0.25, -0.2) is 14.6 Å². The summed E-state index contributed by atoms with van der Waals surface area (Å²) in [6.07, 6.45) is 1.18. The monoisotopic (exact) mass is 309 g/mol. The topological polar surface area (TPSA) is 132 Å². The molecule has 0 aliphatic carbocycles. The Morgan fingerprint density at radius 3 is 2.59 bits per heavy atom. The van der Waals surface area contributed by atoms with Crippen LogP contribution >= 0.6 is 0 Å². The second kappa shape index (κ2) is 6.66. The summed E-state index contributed by atoms with van der Waals surface area (Å²) in [4.78, 5) is 36.6. The van der Waals surface area contributed by atoms with Crippen molar-refractivity contribution in [2.45, 2.75) is 26.4 Å². The number of hydrogen-bond acceptors (Lipinski definition) is 6. The van der Waals surface area contributed by atoms with E-state index in [9.17, 15) is 19.7 Å². The lowest BCUT2D eigenvalue weighted by atomic mass is 10.2. The van der Waals surface area contributed by atoms with Gasteiger partial charge in [0.2, 0.25) is 0 Å². The lowest BCUT2D eigenvalue weighted by Crippen LogP contribution is -2.34. The first-order valence-electron chi connectivity index (χ1n) is 6.14. The summed E-state index contributed by atoms with van der Waals surface area (Å²) >= 11 is 0. The van der Waals surface area contributed by atoms with Crippen LogP contribution in [0.3, 0.4) is 0 Å². The normalized spacial score (nSPS) is 11.7. The molecule has 0 aromatic carbocycles. The van der Waals surface area contributed by atoms with Crippen LogP contribution in [-0.4, -0.2) is 32.7 Å². The smallest absolute Gasteiger partial charge is 0.412 e. The molecule has 1 aromatic heterocycles. The molecule has 0 fully saturated rings. The molecule has 9 heteroatoms. The van der Waals surface area contributed by atoms with Crippen molar-refractivity contribution < 1.29 is 24.4 Å². The summed E-state index contributed by atoms with van der Waals surface area (Å²) in [7, 11) is 0. The number of carboxylic acids is 1. The molecule has 0 unspecified atom stereocenters. The lowest BCUT2D eigenvalue weighted by molar-refractivity contribution is -0.385. The van der Waals surface area contributed by atoms with E-state index in [1.54, 1.807) is 20.8 Å². The number of nitro groups is 1. The highest BCUT2D eigenvalue weighted by molar-refractivity contribution is 5.95. The number of carboxylic acid groups (broad SMARTS) is 1. The SMILES string of the molecule is CC(C)(C)OC(=O)N/C(=C/c1ncccc1[N+](=O)[O-])C(=O)O. The van der Waals surface area contributed by atoms with Gasteiger partial charge in [-0.05, 0) is 26.8 Å². The number of amides is 1. The molecule has 2 N–H and O–H groups in total. The van der Waals surface area contributed by atoms with Crippen LogP contribution in [0.1, 0.15) is 26.5 Å². The maximum Gasteiger partial charge on any atom is 0.412 e. The Balaban J connectivity index is 3.09. The number of nitrogens with one attached hydrogen (secondary N) is 1. The Labute approximate surface area is 125 Å². The van der Waals surface area contributed by atoms with Crippen LogP contribution < -0.4 is 5.32 Å². The number of ether oxygens (including phenoxy) is 1. The van der Waals surface area contributed by atoms with E-state index < -0.39 is 28.3 Å². The number of rotatable bonds is 4. The predicted octanol–water partition coefficient (Wildman–Crippen LogP) is 1.94. The maximum absolute atomic E-state index is 11.6. The van der Waals surface area contributed by atoms with Crippen molar-refractivity contribution in [1.29, 1.82) is 0 Å². The molecule has 22 heavy (non-hydrogen) atoms. The maximum atomic E-state index is 11.6. The molecule has 9 nitrogen and oxygen atoms in total. The Morgan fingerprint density at radius 1 is 1.45 bits per heavy atom. The van der Waals surface area contributed by atoms with Crippen LogP contribution in [0.5, 0.6) is 0 Å². The van der Waals surface area contributed by atoms with Crippen LogP contribution in [0, 0.1) is 10.1 Å². The second-order valence-corrected chi connectivity index (χ2v) is 5.15. The first-order chi connectivity index (χ1) is 10.1. The molecule has 0 radical (unpaired) electrons. The fourth-order valence-electron chi connectivity index (χ4n) is 1.38. The van der Waals surface area contributed by atoms with Gasteiger partial charge in [-0.2, -0.15) is 0 Å². The molecule has 1 amide bonds. The van der Waals surface area contributed by atoms with Gasteiger partial charge >= 0.3 is 12.1 Å². The summed E-state index contributed by atoms with van der Waals surface area (Å²) in [6.45, 7) is 4.83. The van der Waals surface area contributed by atoms with E-state index >= 15 is 0 Å². The Bertz CT molecular complexity index is 633. The second-order valence-electron chi connectivity index (χ2n) is 5.15. The van der Waals surface area contributed by atoms with E-state index in [-0.39, 0.29) is 11.4 Å². The van der Waals surface area contributed by atoms with Crippen LogP contribution in [0.4, 0.5) is 10.5 Å². The molecule has 0 aliphatic rings. The number of aromatic nitrogens is 1. The fraction of sp³-hybridized carbons (Fsp3) is 0.308. The number of alkyl carbamates (subject to hydrolysis) is 1. The van der Waals surface area contributed by atoms with Crippen molar-refractivity contribution >= 4 is 23.8 Å². The summed E-state index contributed by atoms with van der Waals surface area (Å²) in [5.74, 6) is -1.48. The van der Waals surface area contributed by atoms with Gasteiger partial charge in [0.15, 0.2) is 0 Å². The first-order valence-corrected chi connectivity index (χ1v) is 6.14. The van der Waals surface area contributed by atoms with Crippen LogP contribution in [-0.2, 0) is 9.53 Å². The van der Waals surface area contributed by atoms with Gasteiger partial charge in [0.25, 0.3) is 5.69 Å². The summed E-state index contributed by atoms with van der Waals surface area (Å²) in [5.41, 5.74) is -1.98. The standard InChI is InChI=1S/C13H15N3O6/c1-13(2,3)22-12(19)15-9(11(17)18)7-8-10(16(20)21)5-4-6-14-8/h4-7H,1-3H3,(H,15,19)(H,17,18)/b9-7+. The molecule has 1 heterocycles. The Kier molecular flexibility index (Phi) is 5.17. The number of pyridine rings is 1. The van der Waals surface area contributed by atoms with Gasteiger partial charge in [0.05, 0.1) is 4.92 Å². The van der Waals surface area contributed by atoms with E-state index in [4.69, 9.17) is 9.84 Å². The zero-order chi connectivity index (χ0) is 16.9. The molecule has 0 spiro atoms. The third-order valence-electron chi connectivity index (χ3n) is 2.16. The zero-order valence-corrected chi connectivity index (χ0v) is 12.2. The van der Waals surface area contributed by atoms with Gasteiger partial charge in [-0.3, -0.25) is 15.4 Å². The van der Waals surface area contributed by atoms with E-state index in [1.807, 2.05) is 5.32 Å². The van der Waals surface area contributed by atoms with Crippen LogP contribution in [0.25, 0.3) is 6.08 Å². The van der Waals surface area contributed by atoms with Gasteiger partial charge < -0.3 is 9.84 Å². The van der Waals surface area contributed by atoms with Gasteiger partial charge in [0.1, 0.15) is 17.0 Å². The number of nitrogens with zero attached hydrogens (tertiary/aromatic N) is 2. The van der Waals surface area contributed by atoms with Crippen molar-refractivity contribution in [3.63, 3.8) is 0 Å². The molecule has 1 aromatic rings. The highest BCUT2D eigenvalue weighted by atomic mass is 16.6. The molecule has 0 atom stereocenters. The molecule has 0 saturated carbocycles. The number of hydrogen-bond donors (Lipinski definition) is 2. The minimum absolute atomic E-state index is 0.194. The first kappa shape index (κ1) is 17.1. The zero-order valence-electron chi connectivity index (χ0n) is 12.2. The number of carbonyl (C=O) groups excluding carboxylic acids is 1. The molecule has 0 aliphatic heterocycles. The van der Waals surface area contributed by atoms with E-state index in [2.05, 4.69) is 4.98 Å². The van der Waals surface area contributed by atoms with E-state index in [0.717, 1.165) is 6.08 Å². The van der Waals surface area contributed by atoms with Crippen molar-refractivity contribution in [3.8, 4) is 0 Å². The summed E-state index contributed by atoms with van der Waals surface area (Å²) < 4.78 is 4.93. The summed E-state index contributed by atoms with van der Waals surface area (Å²) in [6, 6.07) is 2.52. The highest BCUT2D eigenvalue weighted by Crippen LogP contribution is 2.18. The fourth-order valence-corrected chi connectivity index (χ4v) is 1.38. The minimum Gasteiger partial charge on any atom is -0.477 e. The Hall–Kier alpha value is -2.97. The molecule has 1 rings (SSSR count).